The number of hydrogen-bond donors (Lipinski definition) is 0. The van der Waals surface area contributed by atoms with Crippen molar-refractivity contribution >= 4 is 23.7 Å². The molecule has 0 aliphatic rings. The van der Waals surface area contributed by atoms with Crippen LogP contribution in [-0.4, -0.2) is 43.8 Å². The van der Waals surface area contributed by atoms with Crippen LogP contribution in [0.4, 0.5) is 0 Å². The molecule has 0 spiro atoms. The number of halogens is 2. The predicted molar refractivity (Wildman–Crippen MR) is 41.7 cm³/mol. The molecule has 0 amide bonds. The van der Waals surface area contributed by atoms with E-state index in [1.807, 2.05) is 0 Å². The maximum atomic E-state index is 4.26. The minimum Gasteiger partial charge on any atom is -0.412 e. The second-order valence-electron chi connectivity index (χ2n) is 0.0583. The van der Waals surface area contributed by atoms with Gasteiger partial charge in [0.2, 0.25) is 0 Å². The van der Waals surface area contributed by atoms with Gasteiger partial charge in [-0.3, -0.25) is 0 Å². The first-order valence-electron chi connectivity index (χ1n) is 0.309. The second kappa shape index (κ2) is 264. The van der Waals surface area contributed by atoms with Gasteiger partial charge in [0, 0.05) is 52.4 Å². The Balaban J connectivity index is -0.000000000444. The molecule has 0 aliphatic heterocycles. The molecule has 0 unspecified atom stereocenters. The van der Waals surface area contributed by atoms with Crippen molar-refractivity contribution in [2.45, 2.75) is 0 Å². The second-order valence-corrected chi connectivity index (χ2v) is 0.525. The van der Waals surface area contributed by atoms with Crippen LogP contribution in [0.1, 0.15) is 0 Å². The van der Waals surface area contributed by atoms with Crippen molar-refractivity contribution in [3.8, 4) is 0 Å². The molecular formula is H16Cl2O9Zr2. The van der Waals surface area contributed by atoms with E-state index in [1.54, 1.807) is 0 Å². The SMILES string of the molecule is ClOCl.O.O.O.O.O.O.O.O.[Zr].[Zr]. The Hall–Kier alpha value is 1.99. The van der Waals surface area contributed by atoms with E-state index in [0.29, 0.717) is 0 Å². The van der Waals surface area contributed by atoms with Gasteiger partial charge >= 0.3 is 0 Å². The summed E-state index contributed by atoms with van der Waals surface area (Å²) in [6.45, 7) is 0. The van der Waals surface area contributed by atoms with Gasteiger partial charge in [-0.05, 0) is 0 Å². The normalized spacial score (nSPS) is 1.38. The zero-order valence-electron chi connectivity index (χ0n) is 6.16. The molecule has 92 valence electrons. The van der Waals surface area contributed by atoms with E-state index in [1.165, 1.54) is 0 Å². The summed E-state index contributed by atoms with van der Waals surface area (Å²) in [6, 6.07) is 0. The predicted octanol–water partition coefficient (Wildman–Crippen LogP) is -5.29. The molecule has 0 heterocycles. The van der Waals surface area contributed by atoms with E-state index in [-0.39, 0.29) is 96.2 Å². The summed E-state index contributed by atoms with van der Waals surface area (Å²) in [5.41, 5.74) is 0. The van der Waals surface area contributed by atoms with Crippen molar-refractivity contribution in [3.05, 3.63) is 0 Å². The van der Waals surface area contributed by atoms with Crippen LogP contribution in [0, 0.1) is 0 Å². The topological polar surface area (TPSA) is 261 Å². The minimum absolute atomic E-state index is 0. The monoisotopic (exact) mass is 410 g/mol. The van der Waals surface area contributed by atoms with Crippen LogP contribution in [0.5, 0.6) is 0 Å². The Kier molecular flexibility index (Phi) is 3750. The third-order valence-electron chi connectivity index (χ3n) is 0. The van der Waals surface area contributed by atoms with Crippen molar-refractivity contribution in [2.75, 3.05) is 0 Å². The molecule has 0 aromatic rings. The molecule has 0 fully saturated rings. The Bertz CT molecular complexity index is 15.6. The van der Waals surface area contributed by atoms with Gasteiger partial charge in [-0.15, -0.1) is 0 Å². The Labute approximate surface area is 123 Å². The fourth-order valence-electron chi connectivity index (χ4n) is 0. The van der Waals surface area contributed by atoms with E-state index in [9.17, 15) is 0 Å². The van der Waals surface area contributed by atoms with Gasteiger partial charge in [0.1, 0.15) is 0 Å². The summed E-state index contributed by atoms with van der Waals surface area (Å²) in [4.78, 5) is 0. The van der Waals surface area contributed by atoms with E-state index in [2.05, 4.69) is 27.6 Å². The van der Waals surface area contributed by atoms with Crippen LogP contribution in [0.15, 0.2) is 0 Å². The average molecular weight is 413 g/mol. The molecular weight excluding hydrogens is 397 g/mol. The quantitative estimate of drug-likeness (QED) is 0.370. The molecule has 13 heavy (non-hydrogen) atoms. The molecule has 0 saturated heterocycles. The minimum atomic E-state index is 0. The van der Waals surface area contributed by atoms with Gasteiger partial charge in [-0.2, -0.15) is 3.84 Å². The fourth-order valence-corrected chi connectivity index (χ4v) is 0. The van der Waals surface area contributed by atoms with Crippen LogP contribution < -0.4 is 0 Å². The Morgan fingerprint density at radius 2 is 0.462 bits per heavy atom. The summed E-state index contributed by atoms with van der Waals surface area (Å²) < 4.78 is 3.19. The van der Waals surface area contributed by atoms with Crippen LogP contribution in [0.25, 0.3) is 0 Å². The Morgan fingerprint density at radius 1 is 0.462 bits per heavy atom. The first-order chi connectivity index (χ1) is 1.41. The maximum absolute atomic E-state index is 4.26. The van der Waals surface area contributed by atoms with E-state index in [4.69, 9.17) is 0 Å². The fraction of sp³-hybridized carbons (Fsp3) is 0. The van der Waals surface area contributed by atoms with Crippen molar-refractivity contribution in [2.24, 2.45) is 0 Å². The van der Waals surface area contributed by atoms with Gasteiger partial charge in [-0.1, -0.05) is 0 Å². The Morgan fingerprint density at radius 3 is 0.462 bits per heavy atom. The van der Waals surface area contributed by atoms with E-state index < -0.39 is 0 Å². The zero-order chi connectivity index (χ0) is 2.71. The molecule has 13 heteroatoms. The smallest absolute Gasteiger partial charge is 0.0832 e. The number of rotatable bonds is 0. The van der Waals surface area contributed by atoms with Crippen molar-refractivity contribution in [1.29, 1.82) is 0 Å². The third kappa shape index (κ3) is 509. The summed E-state index contributed by atoms with van der Waals surface area (Å²) in [6.07, 6.45) is 0. The molecule has 0 bridgehead atoms. The van der Waals surface area contributed by atoms with Crippen LogP contribution in [0.3, 0.4) is 0 Å². The molecule has 0 aromatic heterocycles. The molecule has 0 aromatic carbocycles. The third-order valence-corrected chi connectivity index (χ3v) is 0. The average Bonchev–Trinajstić information content (AvgIpc) is 0.918. The zero-order valence-corrected chi connectivity index (χ0v) is 12.6. The molecule has 0 rings (SSSR count). The summed E-state index contributed by atoms with van der Waals surface area (Å²) in [5, 5.41) is 0. The maximum Gasteiger partial charge on any atom is 0.0832 e. The summed E-state index contributed by atoms with van der Waals surface area (Å²) >= 11 is 8.53. The molecule has 0 saturated carbocycles. The van der Waals surface area contributed by atoms with Crippen LogP contribution >= 0.6 is 23.7 Å². The van der Waals surface area contributed by atoms with E-state index in [0.717, 1.165) is 0 Å². The van der Waals surface area contributed by atoms with Crippen molar-refractivity contribution in [3.63, 3.8) is 0 Å². The van der Waals surface area contributed by atoms with Gasteiger partial charge in [0.05, 0.1) is 23.7 Å². The first-order valence-corrected chi connectivity index (χ1v) is 0.926. The summed E-state index contributed by atoms with van der Waals surface area (Å²) in [7, 11) is 0. The van der Waals surface area contributed by atoms with Gasteiger partial charge in [0.15, 0.2) is 0 Å². The van der Waals surface area contributed by atoms with Gasteiger partial charge in [0.25, 0.3) is 0 Å². The largest absolute Gasteiger partial charge is 0.412 e. The van der Waals surface area contributed by atoms with Crippen molar-refractivity contribution < 1.29 is 100 Å². The molecule has 9 nitrogen and oxygen atoms in total. The van der Waals surface area contributed by atoms with Gasteiger partial charge in [-0.25, -0.2) is 0 Å². The number of hydrogen-bond acceptors (Lipinski definition) is 1. The standard InChI is InChI=1S/Cl2O.8H2O.2Zr/c1-3-2;;;;;;;;;;/h;8*1H2;;. The molecule has 16 N–H and O–H groups in total. The van der Waals surface area contributed by atoms with Gasteiger partial charge < -0.3 is 43.8 Å². The first kappa shape index (κ1) is 184. The molecule has 0 atom stereocenters. The van der Waals surface area contributed by atoms with Crippen molar-refractivity contribution in [1.82, 2.24) is 0 Å². The van der Waals surface area contributed by atoms with Crippen LogP contribution in [-0.2, 0) is 56.2 Å². The summed E-state index contributed by atoms with van der Waals surface area (Å²) in [5.74, 6) is 0. The molecule has 0 aliphatic carbocycles. The van der Waals surface area contributed by atoms with E-state index >= 15 is 0 Å². The van der Waals surface area contributed by atoms with Crippen LogP contribution in [0.2, 0.25) is 0 Å². The molecule has 0 radical (unpaired) electrons.